The van der Waals surface area contributed by atoms with Crippen LogP contribution in [0.25, 0.3) is 0 Å². The number of unbranched alkanes of at least 4 members (excludes halogenated alkanes) is 1. The van der Waals surface area contributed by atoms with E-state index in [2.05, 4.69) is 18.9 Å². The SMILES string of the molecule is CC(N)CCCCN(C)CC1CCCO1. The number of nitrogens with two attached hydrogens (primary N) is 1. The molecule has 1 aliphatic rings. The Morgan fingerprint density at radius 3 is 2.87 bits per heavy atom. The summed E-state index contributed by atoms with van der Waals surface area (Å²) in [5, 5.41) is 0. The van der Waals surface area contributed by atoms with E-state index in [-0.39, 0.29) is 0 Å². The first-order valence-electron chi connectivity index (χ1n) is 6.24. The van der Waals surface area contributed by atoms with E-state index in [1.165, 1.54) is 32.2 Å². The molecule has 2 unspecified atom stereocenters. The van der Waals surface area contributed by atoms with Crippen molar-refractivity contribution in [2.24, 2.45) is 5.73 Å². The first-order chi connectivity index (χ1) is 7.18. The molecule has 0 spiro atoms. The molecule has 1 saturated heterocycles. The molecule has 0 aromatic heterocycles. The quantitative estimate of drug-likeness (QED) is 0.654. The average Bonchev–Trinajstić information content (AvgIpc) is 2.64. The summed E-state index contributed by atoms with van der Waals surface area (Å²) in [5.74, 6) is 0. The summed E-state index contributed by atoms with van der Waals surface area (Å²) in [6.45, 7) is 5.31. The third-order valence-corrected chi connectivity index (χ3v) is 2.99. The van der Waals surface area contributed by atoms with Crippen LogP contribution in [0, 0.1) is 0 Å². The van der Waals surface area contributed by atoms with E-state index in [9.17, 15) is 0 Å². The topological polar surface area (TPSA) is 38.5 Å². The molecule has 1 heterocycles. The van der Waals surface area contributed by atoms with Crippen molar-refractivity contribution in [2.45, 2.75) is 51.2 Å². The van der Waals surface area contributed by atoms with Gasteiger partial charge in [-0.15, -0.1) is 0 Å². The molecular formula is C12H26N2O. The van der Waals surface area contributed by atoms with Gasteiger partial charge >= 0.3 is 0 Å². The van der Waals surface area contributed by atoms with Crippen LogP contribution in [-0.4, -0.2) is 43.8 Å². The second kappa shape index (κ2) is 7.20. The van der Waals surface area contributed by atoms with E-state index >= 15 is 0 Å². The molecule has 3 nitrogen and oxygen atoms in total. The lowest BCUT2D eigenvalue weighted by Gasteiger charge is -2.20. The maximum atomic E-state index is 5.71. The highest BCUT2D eigenvalue weighted by Gasteiger charge is 2.16. The lowest BCUT2D eigenvalue weighted by molar-refractivity contribution is 0.0807. The van der Waals surface area contributed by atoms with Gasteiger partial charge < -0.3 is 15.4 Å². The molecule has 15 heavy (non-hydrogen) atoms. The van der Waals surface area contributed by atoms with Gasteiger partial charge in [0.1, 0.15) is 0 Å². The molecule has 0 aromatic rings. The predicted molar refractivity (Wildman–Crippen MR) is 64.0 cm³/mol. The number of ether oxygens (including phenoxy) is 1. The van der Waals surface area contributed by atoms with Crippen molar-refractivity contribution in [3.05, 3.63) is 0 Å². The summed E-state index contributed by atoms with van der Waals surface area (Å²) in [5.41, 5.74) is 5.71. The molecule has 2 N–H and O–H groups in total. The van der Waals surface area contributed by atoms with Crippen LogP contribution in [-0.2, 0) is 4.74 Å². The van der Waals surface area contributed by atoms with Crippen molar-refractivity contribution in [3.8, 4) is 0 Å². The predicted octanol–water partition coefficient (Wildman–Crippen LogP) is 1.61. The van der Waals surface area contributed by atoms with E-state index in [0.29, 0.717) is 12.1 Å². The van der Waals surface area contributed by atoms with Crippen LogP contribution in [0.15, 0.2) is 0 Å². The monoisotopic (exact) mass is 214 g/mol. The van der Waals surface area contributed by atoms with Crippen molar-refractivity contribution in [3.63, 3.8) is 0 Å². The fourth-order valence-electron chi connectivity index (χ4n) is 2.08. The normalized spacial score (nSPS) is 23.6. The minimum absolute atomic E-state index is 0.355. The maximum Gasteiger partial charge on any atom is 0.0702 e. The molecule has 0 amide bonds. The largest absolute Gasteiger partial charge is 0.377 e. The standard InChI is InChI=1S/C12H26N2O/c1-11(13)6-3-4-8-14(2)10-12-7-5-9-15-12/h11-12H,3-10,13H2,1-2H3. The molecule has 0 aromatic carbocycles. The number of hydrogen-bond donors (Lipinski definition) is 1. The molecular weight excluding hydrogens is 188 g/mol. The van der Waals surface area contributed by atoms with Crippen molar-refractivity contribution < 1.29 is 4.74 Å². The van der Waals surface area contributed by atoms with Gasteiger partial charge in [0, 0.05) is 19.2 Å². The number of hydrogen-bond acceptors (Lipinski definition) is 3. The molecule has 0 bridgehead atoms. The number of rotatable bonds is 7. The molecule has 0 saturated carbocycles. The maximum absolute atomic E-state index is 5.71. The zero-order valence-electron chi connectivity index (χ0n) is 10.2. The Kier molecular flexibility index (Phi) is 6.22. The van der Waals surface area contributed by atoms with E-state index in [0.717, 1.165) is 19.6 Å². The third kappa shape index (κ3) is 6.13. The minimum atomic E-state index is 0.355. The van der Waals surface area contributed by atoms with Crippen LogP contribution in [0.3, 0.4) is 0 Å². The van der Waals surface area contributed by atoms with Crippen molar-refractivity contribution in [2.75, 3.05) is 26.7 Å². The highest BCUT2D eigenvalue weighted by atomic mass is 16.5. The van der Waals surface area contributed by atoms with Gasteiger partial charge in [0.2, 0.25) is 0 Å². The average molecular weight is 214 g/mol. The first kappa shape index (κ1) is 12.9. The highest BCUT2D eigenvalue weighted by Crippen LogP contribution is 2.13. The Balaban J connectivity index is 1.95. The molecule has 0 radical (unpaired) electrons. The summed E-state index contributed by atoms with van der Waals surface area (Å²) >= 11 is 0. The second-order valence-electron chi connectivity index (χ2n) is 4.87. The first-order valence-corrected chi connectivity index (χ1v) is 6.24. The molecule has 1 aliphatic heterocycles. The van der Waals surface area contributed by atoms with Crippen molar-refractivity contribution in [1.82, 2.24) is 4.90 Å². The summed E-state index contributed by atoms with van der Waals surface area (Å²) in [6, 6.07) is 0.355. The Morgan fingerprint density at radius 1 is 1.47 bits per heavy atom. The Morgan fingerprint density at radius 2 is 2.27 bits per heavy atom. The van der Waals surface area contributed by atoms with Gasteiger partial charge in [0.15, 0.2) is 0 Å². The molecule has 0 aliphatic carbocycles. The highest BCUT2D eigenvalue weighted by molar-refractivity contribution is 4.68. The molecule has 1 rings (SSSR count). The van der Waals surface area contributed by atoms with Gasteiger partial charge in [0.25, 0.3) is 0 Å². The number of nitrogens with zero attached hydrogens (tertiary/aromatic N) is 1. The summed E-state index contributed by atoms with van der Waals surface area (Å²) in [4.78, 5) is 2.39. The van der Waals surface area contributed by atoms with Crippen molar-refractivity contribution >= 4 is 0 Å². The lowest BCUT2D eigenvalue weighted by atomic mass is 10.1. The van der Waals surface area contributed by atoms with Crippen molar-refractivity contribution in [1.29, 1.82) is 0 Å². The summed E-state index contributed by atoms with van der Waals surface area (Å²) < 4.78 is 5.61. The Hall–Kier alpha value is -0.120. The zero-order valence-corrected chi connectivity index (χ0v) is 10.2. The number of likely N-dealkylation sites (N-methyl/N-ethyl adjacent to an activating group) is 1. The van der Waals surface area contributed by atoms with E-state index < -0.39 is 0 Å². The molecule has 2 atom stereocenters. The molecule has 1 fully saturated rings. The van der Waals surface area contributed by atoms with Crippen LogP contribution in [0.2, 0.25) is 0 Å². The molecule has 90 valence electrons. The van der Waals surface area contributed by atoms with Crippen LogP contribution >= 0.6 is 0 Å². The van der Waals surface area contributed by atoms with E-state index in [1.54, 1.807) is 0 Å². The van der Waals surface area contributed by atoms with Gasteiger partial charge in [-0.05, 0) is 46.2 Å². The fraction of sp³-hybridized carbons (Fsp3) is 1.00. The van der Waals surface area contributed by atoms with Crippen LogP contribution in [0.4, 0.5) is 0 Å². The van der Waals surface area contributed by atoms with Gasteiger partial charge in [-0.3, -0.25) is 0 Å². The Bertz CT molecular complexity index is 156. The van der Waals surface area contributed by atoms with E-state index in [4.69, 9.17) is 10.5 Å². The van der Waals surface area contributed by atoms with Gasteiger partial charge in [-0.25, -0.2) is 0 Å². The van der Waals surface area contributed by atoms with Crippen LogP contribution < -0.4 is 5.73 Å². The Labute approximate surface area is 94.0 Å². The summed E-state index contributed by atoms with van der Waals surface area (Å²) in [6.07, 6.45) is 6.61. The van der Waals surface area contributed by atoms with E-state index in [1.807, 2.05) is 0 Å². The second-order valence-corrected chi connectivity index (χ2v) is 4.87. The molecule has 3 heteroatoms. The fourth-order valence-corrected chi connectivity index (χ4v) is 2.08. The van der Waals surface area contributed by atoms with Crippen LogP contribution in [0.1, 0.15) is 39.0 Å². The lowest BCUT2D eigenvalue weighted by Crippen LogP contribution is -2.29. The third-order valence-electron chi connectivity index (χ3n) is 2.99. The van der Waals surface area contributed by atoms with Gasteiger partial charge in [-0.1, -0.05) is 6.42 Å². The zero-order chi connectivity index (χ0) is 11.1. The minimum Gasteiger partial charge on any atom is -0.377 e. The van der Waals surface area contributed by atoms with Crippen LogP contribution in [0.5, 0.6) is 0 Å². The summed E-state index contributed by atoms with van der Waals surface area (Å²) in [7, 11) is 2.19. The van der Waals surface area contributed by atoms with Gasteiger partial charge in [0.05, 0.1) is 6.10 Å². The van der Waals surface area contributed by atoms with Gasteiger partial charge in [-0.2, -0.15) is 0 Å². The smallest absolute Gasteiger partial charge is 0.0702 e.